The average Bonchev–Trinajstić information content (AvgIpc) is 2.49. The lowest BCUT2D eigenvalue weighted by molar-refractivity contribution is 0.199. The molecule has 0 bridgehead atoms. The summed E-state index contributed by atoms with van der Waals surface area (Å²) in [6.07, 6.45) is 10.8. The maximum atomic E-state index is 9.69. The lowest BCUT2D eigenvalue weighted by Crippen LogP contribution is -2.21. The molecule has 2 rings (SSSR count). The first-order chi connectivity index (χ1) is 10.6. The molecule has 0 aliphatic heterocycles. The number of hydrogen-bond acceptors (Lipinski definition) is 6. The molecule has 0 amide bonds. The summed E-state index contributed by atoms with van der Waals surface area (Å²) >= 11 is 0. The van der Waals surface area contributed by atoms with E-state index in [1.807, 2.05) is 0 Å². The van der Waals surface area contributed by atoms with Crippen molar-refractivity contribution in [1.29, 1.82) is 0 Å². The van der Waals surface area contributed by atoms with Gasteiger partial charge in [-0.1, -0.05) is 12.2 Å². The van der Waals surface area contributed by atoms with E-state index in [-0.39, 0.29) is 23.4 Å². The molecular weight excluding hydrogens is 284 g/mol. The van der Waals surface area contributed by atoms with Gasteiger partial charge in [0.2, 0.25) is 0 Å². The minimum absolute atomic E-state index is 0.116. The highest BCUT2D eigenvalue weighted by Crippen LogP contribution is 2.15. The largest absolute Gasteiger partial charge is 0.508 e. The molecule has 0 fully saturated rings. The van der Waals surface area contributed by atoms with Gasteiger partial charge in [0, 0.05) is 24.3 Å². The SMILES string of the molecule is OC1=CC(C=NCCN=CC2C=C(O)C=CC2O)C(O)C=C1. The highest BCUT2D eigenvalue weighted by molar-refractivity contribution is 5.66. The molecular formula is C16H20N2O4. The first-order valence-corrected chi connectivity index (χ1v) is 7.10. The Bertz CT molecular complexity index is 510. The number of allylic oxidation sites excluding steroid dienone is 2. The van der Waals surface area contributed by atoms with Crippen LogP contribution in [0.1, 0.15) is 0 Å². The van der Waals surface area contributed by atoms with Crippen molar-refractivity contribution in [2.45, 2.75) is 12.2 Å². The zero-order chi connectivity index (χ0) is 15.9. The maximum absolute atomic E-state index is 9.69. The van der Waals surface area contributed by atoms with Gasteiger partial charge in [0.25, 0.3) is 0 Å². The minimum atomic E-state index is -0.680. The predicted octanol–water partition coefficient (Wildman–Crippen LogP) is 1.11. The van der Waals surface area contributed by atoms with E-state index in [4.69, 9.17) is 0 Å². The van der Waals surface area contributed by atoms with Gasteiger partial charge in [0.15, 0.2) is 0 Å². The molecule has 0 aromatic heterocycles. The van der Waals surface area contributed by atoms with E-state index in [0.29, 0.717) is 13.1 Å². The number of aliphatic imine (C=N–C) groups is 2. The fraction of sp³-hybridized carbons (Fsp3) is 0.375. The third-order valence-corrected chi connectivity index (χ3v) is 3.36. The molecule has 6 nitrogen and oxygen atoms in total. The van der Waals surface area contributed by atoms with E-state index in [0.717, 1.165) is 0 Å². The van der Waals surface area contributed by atoms with Gasteiger partial charge in [-0.15, -0.1) is 0 Å². The van der Waals surface area contributed by atoms with Crippen LogP contribution in [0.15, 0.2) is 58.0 Å². The number of hydrogen-bond donors (Lipinski definition) is 4. The van der Waals surface area contributed by atoms with E-state index in [2.05, 4.69) is 9.98 Å². The second-order valence-electron chi connectivity index (χ2n) is 5.15. The predicted molar refractivity (Wildman–Crippen MR) is 85.4 cm³/mol. The maximum Gasteiger partial charge on any atom is 0.112 e. The Kier molecular flexibility index (Phi) is 5.68. The van der Waals surface area contributed by atoms with Gasteiger partial charge in [-0.3, -0.25) is 9.98 Å². The molecule has 0 aromatic carbocycles. The molecule has 0 spiro atoms. The number of aliphatic hydroxyl groups is 4. The van der Waals surface area contributed by atoms with E-state index in [1.165, 1.54) is 36.5 Å². The molecule has 6 heteroatoms. The Morgan fingerprint density at radius 3 is 1.64 bits per heavy atom. The zero-order valence-corrected chi connectivity index (χ0v) is 12.0. The Morgan fingerprint density at radius 2 is 1.23 bits per heavy atom. The zero-order valence-electron chi connectivity index (χ0n) is 12.0. The van der Waals surface area contributed by atoms with Crippen molar-refractivity contribution in [3.8, 4) is 0 Å². The molecule has 4 unspecified atom stereocenters. The highest BCUT2D eigenvalue weighted by Gasteiger charge is 2.17. The quantitative estimate of drug-likeness (QED) is 0.451. The Labute approximate surface area is 128 Å². The fourth-order valence-corrected chi connectivity index (χ4v) is 2.12. The van der Waals surface area contributed by atoms with Crippen LogP contribution in [0, 0.1) is 11.8 Å². The normalized spacial score (nSPS) is 31.7. The summed E-state index contributed by atoms with van der Waals surface area (Å²) < 4.78 is 0. The van der Waals surface area contributed by atoms with Gasteiger partial charge < -0.3 is 20.4 Å². The van der Waals surface area contributed by atoms with Crippen molar-refractivity contribution < 1.29 is 20.4 Å². The standard InChI is InChI=1S/C16H20N2O4/c19-13-1-3-15(21)11(7-13)9-17-5-6-18-10-12-8-14(20)2-4-16(12)22/h1-4,7-12,15-16,19-22H,5-6H2. The van der Waals surface area contributed by atoms with Crippen LogP contribution in [0.5, 0.6) is 0 Å². The molecule has 22 heavy (non-hydrogen) atoms. The Balaban J connectivity index is 1.75. The van der Waals surface area contributed by atoms with Crippen LogP contribution in [0.2, 0.25) is 0 Å². The smallest absolute Gasteiger partial charge is 0.112 e. The van der Waals surface area contributed by atoms with Crippen LogP contribution in [0.4, 0.5) is 0 Å². The van der Waals surface area contributed by atoms with Crippen LogP contribution in [0.25, 0.3) is 0 Å². The van der Waals surface area contributed by atoms with Crippen LogP contribution in [-0.2, 0) is 0 Å². The summed E-state index contributed by atoms with van der Waals surface area (Å²) in [5.41, 5.74) is 0. The topological polar surface area (TPSA) is 106 Å². The van der Waals surface area contributed by atoms with Crippen LogP contribution >= 0.6 is 0 Å². The van der Waals surface area contributed by atoms with Gasteiger partial charge in [0.05, 0.1) is 25.3 Å². The first-order valence-electron chi connectivity index (χ1n) is 7.10. The fourth-order valence-electron chi connectivity index (χ4n) is 2.12. The van der Waals surface area contributed by atoms with Crippen molar-refractivity contribution in [2.24, 2.45) is 21.8 Å². The first kappa shape index (κ1) is 16.2. The molecule has 0 saturated heterocycles. The van der Waals surface area contributed by atoms with Crippen LogP contribution in [-0.4, -0.2) is 58.2 Å². The van der Waals surface area contributed by atoms with Gasteiger partial charge in [-0.25, -0.2) is 0 Å². The molecule has 0 aromatic rings. The average molecular weight is 304 g/mol. The minimum Gasteiger partial charge on any atom is -0.508 e. The number of rotatable bonds is 5. The lowest BCUT2D eigenvalue weighted by Gasteiger charge is -2.16. The van der Waals surface area contributed by atoms with Gasteiger partial charge in [-0.2, -0.15) is 0 Å². The molecule has 4 N–H and O–H groups in total. The third kappa shape index (κ3) is 4.68. The molecule has 118 valence electrons. The van der Waals surface area contributed by atoms with Crippen LogP contribution in [0.3, 0.4) is 0 Å². The van der Waals surface area contributed by atoms with Crippen LogP contribution < -0.4 is 0 Å². The summed E-state index contributed by atoms with van der Waals surface area (Å²) in [6.45, 7) is 0.874. The number of aliphatic hydroxyl groups excluding tert-OH is 4. The molecule has 0 saturated carbocycles. The third-order valence-electron chi connectivity index (χ3n) is 3.36. The molecule has 4 atom stereocenters. The summed E-state index contributed by atoms with van der Waals surface area (Å²) in [6, 6.07) is 0. The summed E-state index contributed by atoms with van der Waals surface area (Å²) in [4.78, 5) is 8.33. The van der Waals surface area contributed by atoms with E-state index in [9.17, 15) is 20.4 Å². The number of nitrogens with zero attached hydrogens (tertiary/aromatic N) is 2. The monoisotopic (exact) mass is 304 g/mol. The van der Waals surface area contributed by atoms with Gasteiger partial charge >= 0.3 is 0 Å². The van der Waals surface area contributed by atoms with Crippen molar-refractivity contribution in [3.05, 3.63) is 48.0 Å². The summed E-state index contributed by atoms with van der Waals surface area (Å²) in [5, 5.41) is 38.1. The second-order valence-corrected chi connectivity index (χ2v) is 5.15. The molecule has 0 radical (unpaired) electrons. The Hall–Kier alpha value is -2.18. The Morgan fingerprint density at radius 1 is 0.818 bits per heavy atom. The van der Waals surface area contributed by atoms with Gasteiger partial charge in [-0.05, 0) is 24.3 Å². The van der Waals surface area contributed by atoms with E-state index in [1.54, 1.807) is 12.4 Å². The lowest BCUT2D eigenvalue weighted by atomic mass is 9.98. The van der Waals surface area contributed by atoms with E-state index < -0.39 is 12.2 Å². The van der Waals surface area contributed by atoms with E-state index >= 15 is 0 Å². The summed E-state index contributed by atoms with van der Waals surface area (Å²) in [7, 11) is 0. The summed E-state index contributed by atoms with van der Waals surface area (Å²) in [5.74, 6) is -0.435. The van der Waals surface area contributed by atoms with Crippen molar-refractivity contribution >= 4 is 12.4 Å². The highest BCUT2D eigenvalue weighted by atomic mass is 16.3. The molecule has 2 aliphatic carbocycles. The van der Waals surface area contributed by atoms with Gasteiger partial charge in [0.1, 0.15) is 11.5 Å². The molecule has 2 aliphatic rings. The second kappa shape index (κ2) is 7.72. The molecule has 0 heterocycles. The van der Waals surface area contributed by atoms with Crippen molar-refractivity contribution in [1.82, 2.24) is 0 Å². The van der Waals surface area contributed by atoms with Crippen molar-refractivity contribution in [3.63, 3.8) is 0 Å². The van der Waals surface area contributed by atoms with Crippen molar-refractivity contribution in [2.75, 3.05) is 13.1 Å².